The number of phenolic OH excluding ortho intramolecular Hbond substituents is 1. The van der Waals surface area contributed by atoms with E-state index in [1.807, 2.05) is 30.8 Å². The van der Waals surface area contributed by atoms with Crippen molar-refractivity contribution in [2.45, 2.75) is 20.4 Å². The summed E-state index contributed by atoms with van der Waals surface area (Å²) in [5.41, 5.74) is 3.17. The molecule has 0 aliphatic heterocycles. The highest BCUT2D eigenvalue weighted by Gasteiger charge is 2.12. The van der Waals surface area contributed by atoms with Gasteiger partial charge in [0.2, 0.25) is 0 Å². The van der Waals surface area contributed by atoms with Gasteiger partial charge in [0.25, 0.3) is 0 Å². The molecular weight excluding hydrogens is 266 g/mol. The third-order valence-corrected chi connectivity index (χ3v) is 3.55. The Hall–Kier alpha value is -2.56. The number of aromatic nitrogens is 3. The largest absolute Gasteiger partial charge is 0.507 e. The molecule has 0 aliphatic carbocycles. The van der Waals surface area contributed by atoms with E-state index in [9.17, 15) is 5.11 Å². The van der Waals surface area contributed by atoms with Gasteiger partial charge in [0.05, 0.1) is 12.8 Å². The molecule has 5 heteroatoms. The van der Waals surface area contributed by atoms with Crippen LogP contribution in [0.25, 0.3) is 22.3 Å². The summed E-state index contributed by atoms with van der Waals surface area (Å²) in [7, 11) is 1.57. The molecule has 0 unspecified atom stereocenters. The molecule has 2 heterocycles. The molecule has 0 saturated heterocycles. The Bertz CT molecular complexity index is 809. The Kier molecular flexibility index (Phi) is 3.25. The topological polar surface area (TPSA) is 60.2 Å². The Labute approximate surface area is 122 Å². The molecule has 0 radical (unpaired) electrons. The van der Waals surface area contributed by atoms with Crippen molar-refractivity contribution in [3.05, 3.63) is 36.0 Å². The second-order valence-electron chi connectivity index (χ2n) is 4.93. The molecule has 108 valence electrons. The lowest BCUT2D eigenvalue weighted by Crippen LogP contribution is -1.93. The van der Waals surface area contributed by atoms with Gasteiger partial charge in [-0.05, 0) is 37.6 Å². The normalized spacial score (nSPS) is 11.0. The fourth-order valence-electron chi connectivity index (χ4n) is 2.36. The maximum absolute atomic E-state index is 10.1. The van der Waals surface area contributed by atoms with Crippen molar-refractivity contribution in [2.75, 3.05) is 7.11 Å². The SMILES string of the molecule is CCn1cc2c(C)cc(-c3ccc(OC)cc3O)nc2n1. The molecule has 0 amide bonds. The van der Waals surface area contributed by atoms with Gasteiger partial charge in [-0.25, -0.2) is 4.98 Å². The van der Waals surface area contributed by atoms with E-state index >= 15 is 0 Å². The summed E-state index contributed by atoms with van der Waals surface area (Å²) in [4.78, 5) is 4.56. The third-order valence-electron chi connectivity index (χ3n) is 3.55. The molecule has 21 heavy (non-hydrogen) atoms. The van der Waals surface area contributed by atoms with E-state index in [4.69, 9.17) is 4.74 Å². The lowest BCUT2D eigenvalue weighted by molar-refractivity contribution is 0.408. The van der Waals surface area contributed by atoms with Crippen LogP contribution in [0.15, 0.2) is 30.5 Å². The van der Waals surface area contributed by atoms with Crippen molar-refractivity contribution in [3.63, 3.8) is 0 Å². The maximum atomic E-state index is 10.1. The molecule has 0 aliphatic rings. The summed E-state index contributed by atoms with van der Waals surface area (Å²) in [5.74, 6) is 0.764. The van der Waals surface area contributed by atoms with Crippen LogP contribution in [0.1, 0.15) is 12.5 Å². The minimum atomic E-state index is 0.149. The van der Waals surface area contributed by atoms with Gasteiger partial charge in [0, 0.05) is 29.8 Å². The number of nitrogens with zero attached hydrogens (tertiary/aromatic N) is 3. The lowest BCUT2D eigenvalue weighted by Gasteiger charge is -2.07. The number of fused-ring (bicyclic) bond motifs is 1. The number of pyridine rings is 1. The molecule has 0 bridgehead atoms. The van der Waals surface area contributed by atoms with Gasteiger partial charge in [-0.2, -0.15) is 5.10 Å². The molecule has 3 rings (SSSR count). The van der Waals surface area contributed by atoms with Crippen molar-refractivity contribution in [1.82, 2.24) is 14.8 Å². The minimum Gasteiger partial charge on any atom is -0.507 e. The number of hydrogen-bond donors (Lipinski definition) is 1. The maximum Gasteiger partial charge on any atom is 0.181 e. The van der Waals surface area contributed by atoms with Crippen molar-refractivity contribution in [3.8, 4) is 22.8 Å². The molecule has 0 saturated carbocycles. The van der Waals surface area contributed by atoms with Crippen LogP contribution in [0.3, 0.4) is 0 Å². The van der Waals surface area contributed by atoms with Crippen LogP contribution in [0.4, 0.5) is 0 Å². The monoisotopic (exact) mass is 283 g/mol. The standard InChI is InChI=1S/C16H17N3O2/c1-4-19-9-13-10(2)7-14(17-16(13)18-19)12-6-5-11(21-3)8-15(12)20/h5-9,20H,4H2,1-3H3. The molecule has 0 atom stereocenters. The van der Waals surface area contributed by atoms with Gasteiger partial charge in [-0.15, -0.1) is 0 Å². The number of hydrogen-bond acceptors (Lipinski definition) is 4. The van der Waals surface area contributed by atoms with E-state index in [1.54, 1.807) is 25.3 Å². The number of benzene rings is 1. The lowest BCUT2D eigenvalue weighted by atomic mass is 10.1. The second-order valence-corrected chi connectivity index (χ2v) is 4.93. The molecule has 1 aromatic carbocycles. The summed E-state index contributed by atoms with van der Waals surface area (Å²) >= 11 is 0. The van der Waals surface area contributed by atoms with Gasteiger partial charge in [0.1, 0.15) is 11.5 Å². The number of aromatic hydroxyl groups is 1. The van der Waals surface area contributed by atoms with E-state index in [0.29, 0.717) is 22.7 Å². The van der Waals surface area contributed by atoms with Crippen LogP contribution in [0.2, 0.25) is 0 Å². The number of rotatable bonds is 3. The molecule has 3 aromatic rings. The van der Waals surface area contributed by atoms with Crippen LogP contribution in [0.5, 0.6) is 11.5 Å². The van der Waals surface area contributed by atoms with Crippen molar-refractivity contribution in [1.29, 1.82) is 0 Å². The number of phenols is 1. The van der Waals surface area contributed by atoms with Crippen LogP contribution < -0.4 is 4.74 Å². The van der Waals surface area contributed by atoms with Gasteiger partial charge in [-0.3, -0.25) is 4.68 Å². The zero-order valence-electron chi connectivity index (χ0n) is 12.3. The highest BCUT2D eigenvalue weighted by atomic mass is 16.5. The first kappa shape index (κ1) is 13.4. The first-order valence-electron chi connectivity index (χ1n) is 6.84. The van der Waals surface area contributed by atoms with E-state index in [1.165, 1.54) is 0 Å². The molecule has 1 N–H and O–H groups in total. The van der Waals surface area contributed by atoms with Crippen molar-refractivity contribution in [2.24, 2.45) is 0 Å². The fraction of sp³-hybridized carbons (Fsp3) is 0.250. The fourth-order valence-corrected chi connectivity index (χ4v) is 2.36. The molecule has 0 fully saturated rings. The predicted octanol–water partition coefficient (Wildman–Crippen LogP) is 3.14. The smallest absolute Gasteiger partial charge is 0.181 e. The average Bonchev–Trinajstić information content (AvgIpc) is 2.90. The summed E-state index contributed by atoms with van der Waals surface area (Å²) in [5, 5.41) is 15.6. The van der Waals surface area contributed by atoms with E-state index in [-0.39, 0.29) is 5.75 Å². The van der Waals surface area contributed by atoms with Crippen molar-refractivity contribution >= 4 is 11.0 Å². The van der Waals surface area contributed by atoms with Gasteiger partial charge in [-0.1, -0.05) is 0 Å². The molecule has 5 nitrogen and oxygen atoms in total. The summed E-state index contributed by atoms with van der Waals surface area (Å²) in [6.45, 7) is 4.87. The van der Waals surface area contributed by atoms with Gasteiger partial charge in [0.15, 0.2) is 5.65 Å². The Morgan fingerprint density at radius 1 is 1.29 bits per heavy atom. The van der Waals surface area contributed by atoms with E-state index < -0.39 is 0 Å². The highest BCUT2D eigenvalue weighted by Crippen LogP contribution is 2.33. The zero-order chi connectivity index (χ0) is 15.0. The van der Waals surface area contributed by atoms with Crippen LogP contribution in [-0.2, 0) is 6.54 Å². The molecular formula is C16H17N3O2. The van der Waals surface area contributed by atoms with Crippen LogP contribution in [0, 0.1) is 6.92 Å². The molecule has 2 aromatic heterocycles. The van der Waals surface area contributed by atoms with Gasteiger partial charge < -0.3 is 9.84 Å². The highest BCUT2D eigenvalue weighted by molar-refractivity contribution is 5.82. The summed E-state index contributed by atoms with van der Waals surface area (Å²) in [6, 6.07) is 7.16. The zero-order valence-corrected chi connectivity index (χ0v) is 12.3. The Balaban J connectivity index is 2.16. The van der Waals surface area contributed by atoms with E-state index in [2.05, 4.69) is 10.1 Å². The minimum absolute atomic E-state index is 0.149. The van der Waals surface area contributed by atoms with Crippen LogP contribution in [-0.4, -0.2) is 27.0 Å². The predicted molar refractivity (Wildman–Crippen MR) is 81.6 cm³/mol. The van der Waals surface area contributed by atoms with Crippen LogP contribution >= 0.6 is 0 Å². The van der Waals surface area contributed by atoms with Crippen molar-refractivity contribution < 1.29 is 9.84 Å². The third kappa shape index (κ3) is 2.31. The average molecular weight is 283 g/mol. The second kappa shape index (κ2) is 5.09. The number of methoxy groups -OCH3 is 1. The van der Waals surface area contributed by atoms with Gasteiger partial charge >= 0.3 is 0 Å². The van der Waals surface area contributed by atoms with E-state index in [0.717, 1.165) is 17.5 Å². The Morgan fingerprint density at radius 3 is 2.76 bits per heavy atom. The Morgan fingerprint density at radius 2 is 2.10 bits per heavy atom. The first-order chi connectivity index (χ1) is 10.1. The molecule has 0 spiro atoms. The number of ether oxygens (including phenoxy) is 1. The summed E-state index contributed by atoms with van der Waals surface area (Å²) < 4.78 is 6.97. The quantitative estimate of drug-likeness (QED) is 0.802. The number of aryl methyl sites for hydroxylation is 2. The summed E-state index contributed by atoms with van der Waals surface area (Å²) in [6.07, 6.45) is 2.00. The first-order valence-corrected chi connectivity index (χ1v) is 6.84.